The molecule has 8 atom stereocenters. The van der Waals surface area contributed by atoms with Crippen LogP contribution in [0.5, 0.6) is 0 Å². The van der Waals surface area contributed by atoms with Crippen LogP contribution in [-0.4, -0.2) is 40.8 Å². The Balaban J connectivity index is 1.64. The Morgan fingerprint density at radius 1 is 0.514 bits per heavy atom. The summed E-state index contributed by atoms with van der Waals surface area (Å²) in [6, 6.07) is 0. The Labute approximate surface area is 222 Å². The lowest BCUT2D eigenvalue weighted by Gasteiger charge is -2.24. The Morgan fingerprint density at radius 2 is 0.730 bits per heavy atom. The van der Waals surface area contributed by atoms with Gasteiger partial charge in [-0.2, -0.15) is 0 Å². The molecular weight excluding hydrogens is 463 g/mol. The molecule has 0 bridgehead atoms. The number of hydrogen-bond acceptors (Lipinski definition) is 4. The maximum Gasteiger partial charge on any atom is 0.376 e. The Kier molecular flexibility index (Phi) is 7.56. The minimum Gasteiger partial charge on any atom is -0.309 e. The summed E-state index contributed by atoms with van der Waals surface area (Å²) < 4.78 is 0. The first-order valence-corrected chi connectivity index (χ1v) is 13.6. The van der Waals surface area contributed by atoms with Crippen molar-refractivity contribution in [2.24, 2.45) is 47.3 Å². The van der Waals surface area contributed by atoms with Crippen molar-refractivity contribution in [1.29, 1.82) is 0 Å². The molecule has 6 nitrogen and oxygen atoms in total. The average Bonchev–Trinajstić information content (AvgIpc) is 3.42. The molecule has 4 rings (SSSR count). The second-order valence-corrected chi connectivity index (χ2v) is 12.6. The number of amides is 4. The molecule has 0 aromatic rings. The molecule has 4 fully saturated rings. The fraction of sp³-hybridized carbons (Fsp3) is 0.600. The van der Waals surface area contributed by atoms with Crippen LogP contribution in [-0.2, 0) is 19.2 Å². The minimum absolute atomic E-state index is 0.0227. The van der Waals surface area contributed by atoms with Crippen LogP contribution in [0.3, 0.4) is 0 Å². The summed E-state index contributed by atoms with van der Waals surface area (Å²) in [5.41, 5.74) is 4.48. The van der Waals surface area contributed by atoms with Crippen LogP contribution in [0.4, 0.5) is 0 Å². The van der Waals surface area contributed by atoms with Gasteiger partial charge in [-0.15, -0.1) is 0 Å². The number of carbonyl (C=O) groups excluding carboxylic acids is 4. The predicted octanol–water partition coefficient (Wildman–Crippen LogP) is 4.59. The molecule has 0 radical (unpaired) electrons. The average molecular weight is 504 g/mol. The summed E-state index contributed by atoms with van der Waals surface area (Å²) in [6.07, 6.45) is 9.95. The third-order valence-corrected chi connectivity index (χ3v) is 8.38. The monoisotopic (exact) mass is 504 g/mol. The van der Waals surface area contributed by atoms with Gasteiger partial charge in [0.1, 0.15) is 0 Å². The van der Waals surface area contributed by atoms with Crippen molar-refractivity contribution in [3.8, 4) is 0 Å². The third kappa shape index (κ3) is 4.94. The maximum absolute atomic E-state index is 13.7. The van der Waals surface area contributed by atoms with E-state index in [2.05, 4.69) is 24.3 Å². The highest BCUT2D eigenvalue weighted by atomic mass is 16.2. The molecule has 2 aliphatic carbocycles. The summed E-state index contributed by atoms with van der Waals surface area (Å²) in [6.45, 7) is 16.1. The zero-order chi connectivity index (χ0) is 27.3. The molecule has 0 spiro atoms. The highest BCUT2D eigenvalue weighted by molar-refractivity contribution is 6.49. The molecule has 2 saturated heterocycles. The van der Waals surface area contributed by atoms with E-state index in [0.717, 1.165) is 35.1 Å². The van der Waals surface area contributed by atoms with E-state index in [4.69, 9.17) is 0 Å². The summed E-state index contributed by atoms with van der Waals surface area (Å²) in [7, 11) is -0.262. The van der Waals surface area contributed by atoms with Crippen molar-refractivity contribution in [2.45, 2.75) is 68.2 Å². The van der Waals surface area contributed by atoms with E-state index in [1.165, 1.54) is 9.62 Å². The van der Waals surface area contributed by atoms with Gasteiger partial charge in [0.05, 0.1) is 23.7 Å². The van der Waals surface area contributed by atoms with E-state index in [0.29, 0.717) is 0 Å². The van der Waals surface area contributed by atoms with Crippen LogP contribution in [0.2, 0.25) is 0 Å². The topological polar surface area (TPSA) is 74.8 Å². The van der Waals surface area contributed by atoms with Gasteiger partial charge in [-0.25, -0.2) is 0 Å². The number of carbonyl (C=O) groups is 4. The van der Waals surface area contributed by atoms with Crippen molar-refractivity contribution < 1.29 is 19.2 Å². The van der Waals surface area contributed by atoms with Crippen LogP contribution in [0, 0.1) is 47.3 Å². The van der Waals surface area contributed by atoms with Crippen LogP contribution >= 0.6 is 0 Å². The molecule has 198 valence electrons. The first-order chi connectivity index (χ1) is 17.3. The van der Waals surface area contributed by atoms with E-state index in [1.54, 1.807) is 0 Å². The fourth-order valence-corrected chi connectivity index (χ4v) is 7.38. The van der Waals surface area contributed by atoms with Gasteiger partial charge in [-0.05, 0) is 91.9 Å². The van der Waals surface area contributed by atoms with E-state index >= 15 is 0 Å². The standard InChI is InChI=1S/C30H41BN2O4/c1-15(2)9-19-13-20(10-16(3)4)24-23(19)27(34)32(28(24)35)31-33-29(36)25-21(11-17(5)6)14-22(12-18(7)8)26(25)30(33)37/h9-12,19-26,31H,13-14H2,1-8H3. The lowest BCUT2D eigenvalue weighted by Crippen LogP contribution is -2.49. The van der Waals surface area contributed by atoms with Crippen LogP contribution in [0.1, 0.15) is 68.2 Å². The molecule has 8 unspecified atom stereocenters. The van der Waals surface area contributed by atoms with Gasteiger partial charge in [-0.1, -0.05) is 46.6 Å². The largest absolute Gasteiger partial charge is 0.376 e. The zero-order valence-electron chi connectivity index (χ0n) is 23.6. The molecule has 0 aromatic carbocycles. The highest BCUT2D eigenvalue weighted by Crippen LogP contribution is 2.51. The van der Waals surface area contributed by atoms with Crippen LogP contribution < -0.4 is 0 Å². The zero-order valence-corrected chi connectivity index (χ0v) is 23.6. The van der Waals surface area contributed by atoms with Crippen molar-refractivity contribution in [3.05, 3.63) is 46.6 Å². The number of hydrogen-bond donors (Lipinski definition) is 0. The van der Waals surface area contributed by atoms with Gasteiger partial charge in [0, 0.05) is 0 Å². The first-order valence-electron chi connectivity index (χ1n) is 13.6. The van der Waals surface area contributed by atoms with Gasteiger partial charge in [-0.3, -0.25) is 19.2 Å². The summed E-state index contributed by atoms with van der Waals surface area (Å²) in [5.74, 6) is -2.84. The van der Waals surface area contributed by atoms with E-state index in [-0.39, 0.29) is 54.8 Å². The summed E-state index contributed by atoms with van der Waals surface area (Å²) in [4.78, 5) is 57.1. The number of rotatable bonds is 6. The number of imide groups is 2. The molecule has 2 aliphatic heterocycles. The fourth-order valence-electron chi connectivity index (χ4n) is 7.38. The molecule has 4 aliphatic rings. The van der Waals surface area contributed by atoms with Crippen LogP contribution in [0.15, 0.2) is 46.6 Å². The van der Waals surface area contributed by atoms with Crippen LogP contribution in [0.25, 0.3) is 0 Å². The van der Waals surface area contributed by atoms with Crippen molar-refractivity contribution >= 4 is 31.2 Å². The van der Waals surface area contributed by atoms with Crippen molar-refractivity contribution in [3.63, 3.8) is 0 Å². The quantitative estimate of drug-likeness (QED) is 0.301. The maximum atomic E-state index is 13.7. The van der Waals surface area contributed by atoms with Gasteiger partial charge in [0.15, 0.2) is 0 Å². The minimum atomic E-state index is -0.438. The Morgan fingerprint density at radius 3 is 0.919 bits per heavy atom. The Hall–Kier alpha value is -2.70. The third-order valence-electron chi connectivity index (χ3n) is 8.38. The lowest BCUT2D eigenvalue weighted by molar-refractivity contribution is -0.137. The van der Waals surface area contributed by atoms with E-state index in [9.17, 15) is 19.2 Å². The van der Waals surface area contributed by atoms with Crippen molar-refractivity contribution in [1.82, 2.24) is 9.62 Å². The smallest absolute Gasteiger partial charge is 0.309 e. The number of fused-ring (bicyclic) bond motifs is 2. The second kappa shape index (κ2) is 10.2. The van der Waals surface area contributed by atoms with E-state index in [1.807, 2.05) is 55.4 Å². The molecule has 0 aromatic heterocycles. The molecule has 37 heavy (non-hydrogen) atoms. The Bertz CT molecular complexity index is 960. The molecule has 7 heteroatoms. The predicted molar refractivity (Wildman–Crippen MR) is 146 cm³/mol. The molecule has 2 saturated carbocycles. The number of nitrogens with zero attached hydrogens (tertiary/aromatic N) is 2. The molecular formula is C30H41BN2O4. The molecule has 0 N–H and O–H groups in total. The number of allylic oxidation sites excluding steroid dienone is 8. The van der Waals surface area contributed by atoms with Gasteiger partial charge < -0.3 is 9.62 Å². The van der Waals surface area contributed by atoms with Crippen molar-refractivity contribution in [2.75, 3.05) is 0 Å². The lowest BCUT2D eigenvalue weighted by atomic mass is 9.88. The second-order valence-electron chi connectivity index (χ2n) is 12.6. The van der Waals surface area contributed by atoms with Gasteiger partial charge >= 0.3 is 7.55 Å². The first kappa shape index (κ1) is 27.3. The molecule has 2 heterocycles. The highest BCUT2D eigenvalue weighted by Gasteiger charge is 2.61. The summed E-state index contributed by atoms with van der Waals surface area (Å²) in [5, 5.41) is 0. The molecule has 4 amide bonds. The summed E-state index contributed by atoms with van der Waals surface area (Å²) >= 11 is 0. The van der Waals surface area contributed by atoms with Gasteiger partial charge in [0.2, 0.25) is 23.6 Å². The van der Waals surface area contributed by atoms with Gasteiger partial charge in [0.25, 0.3) is 0 Å². The SMILES string of the molecule is CC(C)=CC1CC(C=C(C)C)C2C(=O)N(BN3C(=O)C4C(C=C(C)C)CC(C=C(C)C)C4C3=O)C(=O)C12. The van der Waals surface area contributed by atoms with E-state index < -0.39 is 23.7 Å². The normalized spacial score (nSPS) is 34.4.